The predicted octanol–water partition coefficient (Wildman–Crippen LogP) is 1.43. The maximum absolute atomic E-state index is 12.6. The van der Waals surface area contributed by atoms with Gasteiger partial charge in [-0.25, -0.2) is 4.68 Å². The quantitative estimate of drug-likeness (QED) is 0.607. The smallest absolute Gasteiger partial charge is 0.211 e. The molecule has 10 heavy (non-hydrogen) atoms. The lowest BCUT2D eigenvalue weighted by atomic mass is 10.4. The van der Waals surface area contributed by atoms with Gasteiger partial charge in [0.2, 0.25) is 5.95 Å². The van der Waals surface area contributed by atoms with E-state index >= 15 is 0 Å². The van der Waals surface area contributed by atoms with Gasteiger partial charge in [0.1, 0.15) is 0 Å². The van der Waals surface area contributed by atoms with Crippen LogP contribution in [0.3, 0.4) is 0 Å². The SMILES string of the molecule is Fc1ccnn1CC1CC1. The van der Waals surface area contributed by atoms with Crippen LogP contribution in [0.5, 0.6) is 0 Å². The largest absolute Gasteiger partial charge is 0.239 e. The van der Waals surface area contributed by atoms with Crippen LogP contribution in [0.15, 0.2) is 12.3 Å². The van der Waals surface area contributed by atoms with Crippen molar-refractivity contribution < 1.29 is 4.39 Å². The molecule has 0 amide bonds. The predicted molar refractivity (Wildman–Crippen MR) is 34.9 cm³/mol. The van der Waals surface area contributed by atoms with E-state index in [0.29, 0.717) is 5.92 Å². The average Bonchev–Trinajstić information content (AvgIpc) is 2.62. The number of halogens is 1. The summed E-state index contributed by atoms with van der Waals surface area (Å²) < 4.78 is 14.1. The molecule has 1 fully saturated rings. The third-order valence-corrected chi connectivity index (χ3v) is 1.79. The normalized spacial score (nSPS) is 17.7. The molecule has 0 bridgehead atoms. The van der Waals surface area contributed by atoms with E-state index in [1.807, 2.05) is 0 Å². The van der Waals surface area contributed by atoms with E-state index in [0.717, 1.165) is 6.54 Å². The molecule has 3 heteroatoms. The van der Waals surface area contributed by atoms with Crippen molar-refractivity contribution in [3.05, 3.63) is 18.2 Å². The van der Waals surface area contributed by atoms with Gasteiger partial charge in [-0.3, -0.25) is 0 Å². The van der Waals surface area contributed by atoms with Crippen LogP contribution in [0.4, 0.5) is 4.39 Å². The number of nitrogens with zero attached hydrogens (tertiary/aromatic N) is 2. The van der Waals surface area contributed by atoms with E-state index < -0.39 is 0 Å². The zero-order valence-corrected chi connectivity index (χ0v) is 5.63. The molecule has 1 aliphatic rings. The van der Waals surface area contributed by atoms with Crippen LogP contribution in [0, 0.1) is 11.9 Å². The maximum atomic E-state index is 12.6. The third-order valence-electron chi connectivity index (χ3n) is 1.79. The van der Waals surface area contributed by atoms with Crippen LogP contribution in [0.25, 0.3) is 0 Å². The molecule has 1 saturated carbocycles. The van der Waals surface area contributed by atoms with Crippen molar-refractivity contribution in [1.29, 1.82) is 0 Å². The van der Waals surface area contributed by atoms with Crippen molar-refractivity contribution in [2.75, 3.05) is 0 Å². The second-order valence-electron chi connectivity index (χ2n) is 2.78. The zero-order chi connectivity index (χ0) is 6.97. The Kier molecular flexibility index (Phi) is 1.22. The lowest BCUT2D eigenvalue weighted by molar-refractivity contribution is 0.437. The van der Waals surface area contributed by atoms with Crippen LogP contribution in [0.1, 0.15) is 12.8 Å². The zero-order valence-electron chi connectivity index (χ0n) is 5.63. The van der Waals surface area contributed by atoms with Gasteiger partial charge in [0, 0.05) is 12.6 Å². The molecule has 1 aromatic rings. The van der Waals surface area contributed by atoms with Crippen molar-refractivity contribution in [2.45, 2.75) is 19.4 Å². The van der Waals surface area contributed by atoms with Gasteiger partial charge in [0.25, 0.3) is 0 Å². The Morgan fingerprint density at radius 2 is 2.50 bits per heavy atom. The molecular weight excluding hydrogens is 131 g/mol. The second-order valence-corrected chi connectivity index (χ2v) is 2.78. The molecule has 0 aromatic carbocycles. The first-order valence-corrected chi connectivity index (χ1v) is 3.53. The van der Waals surface area contributed by atoms with Crippen LogP contribution < -0.4 is 0 Å². The molecule has 1 heterocycles. The Morgan fingerprint density at radius 1 is 1.70 bits per heavy atom. The summed E-state index contributed by atoms with van der Waals surface area (Å²) >= 11 is 0. The fourth-order valence-electron chi connectivity index (χ4n) is 0.996. The molecule has 1 aromatic heterocycles. The standard InChI is InChI=1S/C7H9FN2/c8-7-3-4-9-10(7)5-6-1-2-6/h3-4,6H,1-2,5H2. The first kappa shape index (κ1) is 5.89. The number of hydrogen-bond donors (Lipinski definition) is 0. The Bertz CT molecular complexity index is 227. The highest BCUT2D eigenvalue weighted by Gasteiger charge is 2.22. The van der Waals surface area contributed by atoms with E-state index in [9.17, 15) is 4.39 Å². The topological polar surface area (TPSA) is 17.8 Å². The van der Waals surface area contributed by atoms with Gasteiger partial charge in [-0.15, -0.1) is 0 Å². The van der Waals surface area contributed by atoms with Crippen molar-refractivity contribution in [3.8, 4) is 0 Å². The summed E-state index contributed by atoms with van der Waals surface area (Å²) in [5, 5.41) is 3.84. The van der Waals surface area contributed by atoms with Crippen LogP contribution in [0.2, 0.25) is 0 Å². The van der Waals surface area contributed by atoms with Gasteiger partial charge in [0.05, 0.1) is 6.20 Å². The minimum atomic E-state index is -0.216. The molecule has 0 saturated heterocycles. The summed E-state index contributed by atoms with van der Waals surface area (Å²) in [5.41, 5.74) is 0. The molecule has 0 N–H and O–H groups in total. The van der Waals surface area contributed by atoms with Gasteiger partial charge in [-0.05, 0) is 18.8 Å². The van der Waals surface area contributed by atoms with E-state index in [2.05, 4.69) is 5.10 Å². The fraction of sp³-hybridized carbons (Fsp3) is 0.571. The Hall–Kier alpha value is -0.860. The summed E-state index contributed by atoms with van der Waals surface area (Å²) in [5.74, 6) is 0.473. The summed E-state index contributed by atoms with van der Waals surface area (Å²) in [7, 11) is 0. The molecule has 2 rings (SSSR count). The van der Waals surface area contributed by atoms with Gasteiger partial charge in [0.15, 0.2) is 0 Å². The average molecular weight is 140 g/mol. The third kappa shape index (κ3) is 1.03. The summed E-state index contributed by atoms with van der Waals surface area (Å²) in [6.07, 6.45) is 3.97. The van der Waals surface area contributed by atoms with Gasteiger partial charge in [-0.1, -0.05) is 0 Å². The minimum Gasteiger partial charge on any atom is -0.239 e. The lowest BCUT2D eigenvalue weighted by Crippen LogP contribution is -2.03. The van der Waals surface area contributed by atoms with Crippen molar-refractivity contribution in [2.24, 2.45) is 5.92 Å². The van der Waals surface area contributed by atoms with Crippen LogP contribution in [-0.4, -0.2) is 9.78 Å². The van der Waals surface area contributed by atoms with E-state index in [4.69, 9.17) is 0 Å². The maximum Gasteiger partial charge on any atom is 0.211 e. The highest BCUT2D eigenvalue weighted by atomic mass is 19.1. The highest BCUT2D eigenvalue weighted by Crippen LogP contribution is 2.30. The Labute approximate surface area is 58.7 Å². The Balaban J connectivity index is 2.08. The van der Waals surface area contributed by atoms with Crippen molar-refractivity contribution in [1.82, 2.24) is 9.78 Å². The molecule has 0 spiro atoms. The first-order valence-electron chi connectivity index (χ1n) is 3.53. The van der Waals surface area contributed by atoms with E-state index in [1.165, 1.54) is 29.8 Å². The second kappa shape index (κ2) is 2.08. The van der Waals surface area contributed by atoms with Crippen molar-refractivity contribution in [3.63, 3.8) is 0 Å². The first-order chi connectivity index (χ1) is 4.86. The van der Waals surface area contributed by atoms with E-state index in [-0.39, 0.29) is 5.95 Å². The monoisotopic (exact) mass is 140 g/mol. The molecule has 0 unspecified atom stereocenters. The Morgan fingerprint density at radius 3 is 3.00 bits per heavy atom. The summed E-state index contributed by atoms with van der Waals surface area (Å²) in [6, 6.07) is 1.39. The molecule has 2 nitrogen and oxygen atoms in total. The van der Waals surface area contributed by atoms with Crippen LogP contribution >= 0.6 is 0 Å². The molecule has 0 aliphatic heterocycles. The van der Waals surface area contributed by atoms with Crippen molar-refractivity contribution >= 4 is 0 Å². The fourth-order valence-corrected chi connectivity index (χ4v) is 0.996. The van der Waals surface area contributed by atoms with Gasteiger partial charge in [-0.2, -0.15) is 9.49 Å². The highest BCUT2D eigenvalue weighted by molar-refractivity contribution is 4.84. The number of hydrogen-bond acceptors (Lipinski definition) is 1. The summed E-state index contributed by atoms with van der Waals surface area (Å²) in [6.45, 7) is 0.763. The molecule has 0 radical (unpaired) electrons. The van der Waals surface area contributed by atoms with Gasteiger partial charge >= 0.3 is 0 Å². The minimum absolute atomic E-state index is 0.216. The van der Waals surface area contributed by atoms with E-state index in [1.54, 1.807) is 0 Å². The molecule has 0 atom stereocenters. The number of rotatable bonds is 2. The molecular formula is C7H9FN2. The van der Waals surface area contributed by atoms with Crippen LogP contribution in [-0.2, 0) is 6.54 Å². The summed E-state index contributed by atoms with van der Waals surface area (Å²) in [4.78, 5) is 0. The molecule has 1 aliphatic carbocycles. The lowest BCUT2D eigenvalue weighted by Gasteiger charge is -1.97. The molecule has 54 valence electrons. The van der Waals surface area contributed by atoms with Gasteiger partial charge < -0.3 is 0 Å². The number of aromatic nitrogens is 2.